The molecule has 0 bridgehead atoms. The van der Waals surface area contributed by atoms with Crippen molar-refractivity contribution >= 4 is 27.7 Å². The summed E-state index contributed by atoms with van der Waals surface area (Å²) in [4.78, 5) is 14.5. The Labute approximate surface area is 162 Å². The van der Waals surface area contributed by atoms with Crippen LogP contribution in [0.1, 0.15) is 37.8 Å². The molecular formula is C21H23BrFNO2. The van der Waals surface area contributed by atoms with Crippen LogP contribution in [0.5, 0.6) is 0 Å². The van der Waals surface area contributed by atoms with Crippen molar-refractivity contribution in [3.05, 3.63) is 63.9 Å². The van der Waals surface area contributed by atoms with Crippen LogP contribution in [-0.4, -0.2) is 12.1 Å². The molecule has 1 amide bonds. The number of benzene rings is 2. The second-order valence-corrected chi connectivity index (χ2v) is 7.98. The quantitative estimate of drug-likeness (QED) is 0.599. The molecule has 1 aliphatic rings. The predicted octanol–water partition coefficient (Wildman–Crippen LogP) is 6.09. The Morgan fingerprint density at radius 1 is 1.31 bits per heavy atom. The first-order valence-corrected chi connectivity index (χ1v) is 9.73. The molecule has 0 fully saturated rings. The fourth-order valence-corrected chi connectivity index (χ4v) is 3.84. The molecule has 3 nitrogen and oxygen atoms in total. The van der Waals surface area contributed by atoms with Crippen LogP contribution in [0.3, 0.4) is 0 Å². The van der Waals surface area contributed by atoms with Gasteiger partial charge in [-0.2, -0.15) is 0 Å². The summed E-state index contributed by atoms with van der Waals surface area (Å²) in [5.74, 6) is 0.0704. The van der Waals surface area contributed by atoms with Gasteiger partial charge in [0.05, 0.1) is 10.2 Å². The van der Waals surface area contributed by atoms with Crippen LogP contribution in [-0.2, 0) is 17.8 Å². The van der Waals surface area contributed by atoms with Crippen LogP contribution in [0.2, 0.25) is 0 Å². The highest BCUT2D eigenvalue weighted by Crippen LogP contribution is 2.36. The molecule has 26 heavy (non-hydrogen) atoms. The number of fused-ring (bicyclic) bond motifs is 1. The summed E-state index contributed by atoms with van der Waals surface area (Å²) in [6.07, 6.45) is 2.12. The van der Waals surface area contributed by atoms with E-state index in [9.17, 15) is 9.18 Å². The number of aryl methyl sites for hydroxylation is 1. The topological polar surface area (TPSA) is 29.5 Å². The number of carbonyl (C=O) groups excluding carboxylic acids is 1. The molecule has 1 atom stereocenters. The third-order valence-electron chi connectivity index (χ3n) is 4.64. The summed E-state index contributed by atoms with van der Waals surface area (Å²) in [5, 5.41) is 0. The zero-order valence-corrected chi connectivity index (χ0v) is 16.6. The molecule has 138 valence electrons. The van der Waals surface area contributed by atoms with Gasteiger partial charge in [-0.15, -0.1) is 0 Å². The fraction of sp³-hybridized carbons (Fsp3) is 0.381. The van der Waals surface area contributed by atoms with Crippen molar-refractivity contribution in [3.63, 3.8) is 0 Å². The van der Waals surface area contributed by atoms with Gasteiger partial charge in [0.1, 0.15) is 12.4 Å². The van der Waals surface area contributed by atoms with E-state index in [-0.39, 0.29) is 18.5 Å². The lowest BCUT2D eigenvalue weighted by Gasteiger charge is -2.37. The van der Waals surface area contributed by atoms with E-state index in [0.717, 1.165) is 30.4 Å². The number of anilines is 1. The minimum atomic E-state index is -0.415. The molecular weight excluding hydrogens is 397 g/mol. The van der Waals surface area contributed by atoms with Gasteiger partial charge < -0.3 is 4.74 Å². The van der Waals surface area contributed by atoms with Crippen LogP contribution in [0.25, 0.3) is 0 Å². The van der Waals surface area contributed by atoms with Crippen molar-refractivity contribution in [1.82, 2.24) is 0 Å². The molecule has 0 N–H and O–H groups in total. The Morgan fingerprint density at radius 3 is 2.73 bits per heavy atom. The van der Waals surface area contributed by atoms with E-state index in [2.05, 4.69) is 29.8 Å². The Kier molecular flexibility index (Phi) is 5.97. The van der Waals surface area contributed by atoms with E-state index in [1.54, 1.807) is 11.0 Å². The number of amides is 1. The molecule has 5 heteroatoms. The second-order valence-electron chi connectivity index (χ2n) is 7.13. The minimum absolute atomic E-state index is 0.0198. The highest BCUT2D eigenvalue weighted by Gasteiger charge is 2.33. The Bertz CT molecular complexity index is 779. The number of ether oxygens (including phenoxy) is 1. The fourth-order valence-electron chi connectivity index (χ4n) is 3.45. The van der Waals surface area contributed by atoms with Gasteiger partial charge in [0.2, 0.25) is 0 Å². The van der Waals surface area contributed by atoms with Crippen LogP contribution in [0.4, 0.5) is 14.9 Å². The van der Waals surface area contributed by atoms with E-state index in [1.165, 1.54) is 6.07 Å². The molecule has 1 heterocycles. The highest BCUT2D eigenvalue weighted by molar-refractivity contribution is 9.10. The summed E-state index contributed by atoms with van der Waals surface area (Å²) >= 11 is 3.24. The van der Waals surface area contributed by atoms with E-state index >= 15 is 0 Å². The van der Waals surface area contributed by atoms with Gasteiger partial charge in [-0.05, 0) is 64.4 Å². The Morgan fingerprint density at radius 2 is 2.04 bits per heavy atom. The van der Waals surface area contributed by atoms with Gasteiger partial charge in [-0.3, -0.25) is 4.90 Å². The van der Waals surface area contributed by atoms with Gasteiger partial charge in [0.15, 0.2) is 0 Å². The molecule has 0 spiro atoms. The maximum absolute atomic E-state index is 14.2. The van der Waals surface area contributed by atoms with Gasteiger partial charge >= 0.3 is 6.09 Å². The van der Waals surface area contributed by atoms with Crippen LogP contribution in [0.15, 0.2) is 46.9 Å². The molecule has 0 saturated carbocycles. The van der Waals surface area contributed by atoms with Gasteiger partial charge in [0.25, 0.3) is 0 Å². The van der Waals surface area contributed by atoms with E-state index in [0.29, 0.717) is 16.1 Å². The van der Waals surface area contributed by atoms with Crippen molar-refractivity contribution in [2.45, 2.75) is 45.8 Å². The van der Waals surface area contributed by atoms with Crippen molar-refractivity contribution in [1.29, 1.82) is 0 Å². The average Bonchev–Trinajstić information content (AvgIpc) is 2.61. The van der Waals surface area contributed by atoms with Crippen LogP contribution < -0.4 is 4.90 Å². The van der Waals surface area contributed by atoms with Crippen molar-refractivity contribution in [3.8, 4) is 0 Å². The molecule has 0 aliphatic carbocycles. The van der Waals surface area contributed by atoms with Crippen molar-refractivity contribution < 1.29 is 13.9 Å². The van der Waals surface area contributed by atoms with E-state index in [1.807, 2.05) is 30.3 Å². The number of carbonyl (C=O) groups is 1. The third kappa shape index (κ3) is 4.26. The molecule has 3 rings (SSSR count). The molecule has 2 aromatic carbocycles. The lowest BCUT2D eigenvalue weighted by molar-refractivity contribution is 0.142. The molecule has 2 aromatic rings. The first-order valence-electron chi connectivity index (χ1n) is 8.93. The predicted molar refractivity (Wildman–Crippen MR) is 105 cm³/mol. The smallest absolute Gasteiger partial charge is 0.414 e. The molecule has 0 aromatic heterocycles. The summed E-state index contributed by atoms with van der Waals surface area (Å²) < 4.78 is 20.1. The minimum Gasteiger partial charge on any atom is -0.444 e. The lowest BCUT2D eigenvalue weighted by atomic mass is 9.91. The largest absolute Gasteiger partial charge is 0.444 e. The average molecular weight is 420 g/mol. The van der Waals surface area contributed by atoms with Crippen LogP contribution >= 0.6 is 15.9 Å². The first-order chi connectivity index (χ1) is 12.5. The highest BCUT2D eigenvalue weighted by atomic mass is 79.9. The Balaban J connectivity index is 1.86. The van der Waals surface area contributed by atoms with Gasteiger partial charge in [-0.25, -0.2) is 9.18 Å². The number of hydrogen-bond donors (Lipinski definition) is 0. The zero-order chi connectivity index (χ0) is 18.7. The van der Waals surface area contributed by atoms with Crippen molar-refractivity contribution in [2.24, 2.45) is 5.92 Å². The standard InChI is InChI=1S/C21H23BrFNO2/c1-14(2)10-17-9-8-16-11-18(22)19(23)12-20(16)24(17)21(25)26-13-15-6-4-3-5-7-15/h3-7,11-12,14,17H,8-10,13H2,1-2H3. The van der Waals surface area contributed by atoms with Gasteiger partial charge in [-0.1, -0.05) is 44.2 Å². The van der Waals surface area contributed by atoms with Crippen LogP contribution in [0, 0.1) is 11.7 Å². The molecule has 0 radical (unpaired) electrons. The summed E-state index contributed by atoms with van der Waals surface area (Å²) in [5.41, 5.74) is 2.52. The zero-order valence-electron chi connectivity index (χ0n) is 15.0. The summed E-state index contributed by atoms with van der Waals surface area (Å²) in [7, 11) is 0. The van der Waals surface area contributed by atoms with E-state index < -0.39 is 6.09 Å². The molecule has 0 saturated heterocycles. The molecule has 1 unspecified atom stereocenters. The molecule has 1 aliphatic heterocycles. The number of halogens is 2. The summed E-state index contributed by atoms with van der Waals surface area (Å²) in [6, 6.07) is 12.8. The number of nitrogens with zero attached hydrogens (tertiary/aromatic N) is 1. The van der Waals surface area contributed by atoms with Crippen molar-refractivity contribution in [2.75, 3.05) is 4.90 Å². The Hall–Kier alpha value is -1.88. The normalized spacial score (nSPS) is 16.5. The first kappa shape index (κ1) is 18.9. The summed E-state index contributed by atoms with van der Waals surface area (Å²) in [6.45, 7) is 4.47. The maximum Gasteiger partial charge on any atom is 0.414 e. The number of hydrogen-bond acceptors (Lipinski definition) is 2. The van der Waals surface area contributed by atoms with E-state index in [4.69, 9.17) is 4.74 Å². The number of rotatable bonds is 4. The monoisotopic (exact) mass is 419 g/mol. The second kappa shape index (κ2) is 8.21. The SMILES string of the molecule is CC(C)CC1CCc2cc(Br)c(F)cc2N1C(=O)OCc1ccccc1. The third-order valence-corrected chi connectivity index (χ3v) is 5.25. The lowest BCUT2D eigenvalue weighted by Crippen LogP contribution is -2.44. The van der Waals surface area contributed by atoms with Gasteiger partial charge in [0, 0.05) is 6.04 Å². The maximum atomic E-state index is 14.2.